The molecule has 0 aromatic carbocycles. The van der Waals surface area contributed by atoms with Gasteiger partial charge in [0.25, 0.3) is 0 Å². The van der Waals surface area contributed by atoms with E-state index in [1.165, 1.54) is 19.0 Å². The van der Waals surface area contributed by atoms with Crippen LogP contribution in [0.15, 0.2) is 0 Å². The molecule has 0 aromatic heterocycles. The highest BCUT2D eigenvalue weighted by Gasteiger charge is 2.42. The minimum Gasteiger partial charge on any atom is -0.481 e. The molecule has 1 unspecified atom stereocenters. The second-order valence-corrected chi connectivity index (χ2v) is 5.00. The minimum absolute atomic E-state index is 0.0352. The molecule has 102 valence electrons. The molecule has 1 saturated carbocycles. The molecule has 1 aliphatic rings. The summed E-state index contributed by atoms with van der Waals surface area (Å²) in [5.41, 5.74) is 0. The van der Waals surface area contributed by atoms with Crippen LogP contribution in [-0.4, -0.2) is 48.4 Å². The number of carbonyl (C=O) groups is 3. The lowest BCUT2D eigenvalue weighted by Crippen LogP contribution is -2.41. The molecule has 0 radical (unpaired) electrons. The Bertz CT molecular complexity index is 356. The van der Waals surface area contributed by atoms with Crippen molar-refractivity contribution >= 4 is 17.8 Å². The Kier molecular flexibility index (Phi) is 4.69. The van der Waals surface area contributed by atoms with E-state index in [1.807, 2.05) is 6.92 Å². The molecule has 0 aromatic rings. The van der Waals surface area contributed by atoms with Gasteiger partial charge in [0.1, 0.15) is 0 Å². The molecule has 6 nitrogen and oxygen atoms in total. The standard InChI is InChI=1S/C12H20N2O4/c1-7-4-8(9(5-7)12(17)18)11(16)14(3)6-10(15)13-2/h7-9H,4-6H2,1-3H3,(H,13,15)(H,17,18)/t7?,8-,9+/m0/s1. The van der Waals surface area contributed by atoms with Crippen molar-refractivity contribution < 1.29 is 19.5 Å². The molecule has 18 heavy (non-hydrogen) atoms. The molecule has 1 fully saturated rings. The van der Waals surface area contributed by atoms with Crippen LogP contribution >= 0.6 is 0 Å². The van der Waals surface area contributed by atoms with Gasteiger partial charge in [-0.15, -0.1) is 0 Å². The van der Waals surface area contributed by atoms with Gasteiger partial charge in [0.15, 0.2) is 0 Å². The van der Waals surface area contributed by atoms with Crippen molar-refractivity contribution in [3.05, 3.63) is 0 Å². The average Bonchev–Trinajstić information content (AvgIpc) is 2.70. The largest absolute Gasteiger partial charge is 0.481 e. The number of nitrogens with zero attached hydrogens (tertiary/aromatic N) is 1. The summed E-state index contributed by atoms with van der Waals surface area (Å²) in [6.45, 7) is 1.91. The van der Waals surface area contributed by atoms with Crippen LogP contribution in [0.5, 0.6) is 0 Å². The summed E-state index contributed by atoms with van der Waals surface area (Å²) in [6.07, 6.45) is 1.10. The molecule has 2 N–H and O–H groups in total. The molecule has 0 aliphatic heterocycles. The van der Waals surface area contributed by atoms with Gasteiger partial charge in [-0.3, -0.25) is 14.4 Å². The first kappa shape index (κ1) is 14.5. The van der Waals surface area contributed by atoms with E-state index in [0.29, 0.717) is 12.8 Å². The number of nitrogens with one attached hydrogen (secondary N) is 1. The summed E-state index contributed by atoms with van der Waals surface area (Å²) in [5, 5.41) is 11.5. The highest BCUT2D eigenvalue weighted by atomic mass is 16.4. The number of likely N-dealkylation sites (N-methyl/N-ethyl adjacent to an activating group) is 2. The van der Waals surface area contributed by atoms with Gasteiger partial charge in [-0.25, -0.2) is 0 Å². The van der Waals surface area contributed by atoms with Crippen LogP contribution in [0, 0.1) is 17.8 Å². The average molecular weight is 256 g/mol. The van der Waals surface area contributed by atoms with Crippen molar-refractivity contribution in [2.24, 2.45) is 17.8 Å². The Labute approximate surface area is 106 Å². The van der Waals surface area contributed by atoms with E-state index in [-0.39, 0.29) is 24.3 Å². The Morgan fingerprint density at radius 1 is 1.28 bits per heavy atom. The fourth-order valence-corrected chi connectivity index (χ4v) is 2.49. The molecule has 1 rings (SSSR count). The van der Waals surface area contributed by atoms with Gasteiger partial charge in [-0.1, -0.05) is 6.92 Å². The van der Waals surface area contributed by atoms with Gasteiger partial charge in [-0.05, 0) is 18.8 Å². The zero-order valence-electron chi connectivity index (χ0n) is 11.0. The Morgan fingerprint density at radius 3 is 2.33 bits per heavy atom. The monoisotopic (exact) mass is 256 g/mol. The number of amides is 2. The predicted octanol–water partition coefficient (Wildman–Crippen LogP) is -0.0623. The van der Waals surface area contributed by atoms with Gasteiger partial charge >= 0.3 is 5.97 Å². The Morgan fingerprint density at radius 2 is 1.83 bits per heavy atom. The fraction of sp³-hybridized carbons (Fsp3) is 0.750. The van der Waals surface area contributed by atoms with E-state index in [9.17, 15) is 14.4 Å². The second kappa shape index (κ2) is 5.84. The number of carbonyl (C=O) groups excluding carboxylic acids is 2. The van der Waals surface area contributed by atoms with Gasteiger partial charge < -0.3 is 15.3 Å². The van der Waals surface area contributed by atoms with Crippen LogP contribution in [-0.2, 0) is 14.4 Å². The molecular formula is C12H20N2O4. The lowest BCUT2D eigenvalue weighted by molar-refractivity contribution is -0.149. The zero-order chi connectivity index (χ0) is 13.9. The number of carboxylic acid groups (broad SMARTS) is 1. The van der Waals surface area contributed by atoms with Crippen LogP contribution in [0.4, 0.5) is 0 Å². The van der Waals surface area contributed by atoms with Crippen molar-refractivity contribution in [3.63, 3.8) is 0 Å². The maximum absolute atomic E-state index is 12.1. The van der Waals surface area contributed by atoms with Crippen LogP contribution in [0.1, 0.15) is 19.8 Å². The highest BCUT2D eigenvalue weighted by molar-refractivity contribution is 5.88. The topological polar surface area (TPSA) is 86.7 Å². The molecule has 0 heterocycles. The van der Waals surface area contributed by atoms with E-state index < -0.39 is 17.8 Å². The number of carboxylic acids is 1. The van der Waals surface area contributed by atoms with Crippen molar-refractivity contribution in [3.8, 4) is 0 Å². The van der Waals surface area contributed by atoms with Crippen molar-refractivity contribution in [2.45, 2.75) is 19.8 Å². The molecule has 6 heteroatoms. The predicted molar refractivity (Wildman–Crippen MR) is 64.7 cm³/mol. The number of aliphatic carboxylic acids is 1. The molecule has 0 bridgehead atoms. The third-order valence-electron chi connectivity index (χ3n) is 3.47. The Hall–Kier alpha value is -1.59. The number of hydrogen-bond acceptors (Lipinski definition) is 3. The summed E-state index contributed by atoms with van der Waals surface area (Å²) >= 11 is 0. The molecular weight excluding hydrogens is 236 g/mol. The first-order chi connectivity index (χ1) is 8.36. The van der Waals surface area contributed by atoms with Gasteiger partial charge in [-0.2, -0.15) is 0 Å². The summed E-state index contributed by atoms with van der Waals surface area (Å²) in [5.74, 6) is -2.34. The lowest BCUT2D eigenvalue weighted by atomic mass is 9.95. The maximum Gasteiger partial charge on any atom is 0.307 e. The van der Waals surface area contributed by atoms with Crippen molar-refractivity contribution in [1.82, 2.24) is 10.2 Å². The molecule has 0 saturated heterocycles. The Balaban J connectivity index is 2.70. The minimum atomic E-state index is -0.925. The first-order valence-corrected chi connectivity index (χ1v) is 6.05. The van der Waals surface area contributed by atoms with Crippen LogP contribution < -0.4 is 5.32 Å². The van der Waals surface area contributed by atoms with E-state index in [4.69, 9.17) is 5.11 Å². The quantitative estimate of drug-likeness (QED) is 0.737. The summed E-state index contributed by atoms with van der Waals surface area (Å²) in [7, 11) is 3.03. The van der Waals surface area contributed by atoms with Crippen molar-refractivity contribution in [2.75, 3.05) is 20.6 Å². The van der Waals surface area contributed by atoms with Crippen LogP contribution in [0.25, 0.3) is 0 Å². The zero-order valence-corrected chi connectivity index (χ0v) is 11.0. The SMILES string of the molecule is CNC(=O)CN(C)C(=O)[C@H]1CC(C)C[C@H]1C(=O)O. The first-order valence-electron chi connectivity index (χ1n) is 6.05. The van der Waals surface area contributed by atoms with E-state index >= 15 is 0 Å². The summed E-state index contributed by atoms with van der Waals surface area (Å²) in [6, 6.07) is 0. The number of rotatable bonds is 4. The van der Waals surface area contributed by atoms with Gasteiger partial charge in [0.05, 0.1) is 18.4 Å². The van der Waals surface area contributed by atoms with E-state index in [2.05, 4.69) is 5.32 Å². The third kappa shape index (κ3) is 3.21. The molecule has 0 spiro atoms. The van der Waals surface area contributed by atoms with Crippen LogP contribution in [0.2, 0.25) is 0 Å². The van der Waals surface area contributed by atoms with E-state index in [0.717, 1.165) is 0 Å². The van der Waals surface area contributed by atoms with Gasteiger partial charge in [0, 0.05) is 14.1 Å². The fourth-order valence-electron chi connectivity index (χ4n) is 2.49. The second-order valence-electron chi connectivity index (χ2n) is 5.00. The summed E-state index contributed by atoms with van der Waals surface area (Å²) in [4.78, 5) is 35.8. The normalized spacial score (nSPS) is 26.7. The van der Waals surface area contributed by atoms with Crippen LogP contribution in [0.3, 0.4) is 0 Å². The smallest absolute Gasteiger partial charge is 0.307 e. The molecule has 3 atom stereocenters. The van der Waals surface area contributed by atoms with E-state index in [1.54, 1.807) is 0 Å². The molecule has 1 aliphatic carbocycles. The lowest BCUT2D eigenvalue weighted by Gasteiger charge is -2.22. The number of hydrogen-bond donors (Lipinski definition) is 2. The molecule has 2 amide bonds. The van der Waals surface area contributed by atoms with Gasteiger partial charge in [0.2, 0.25) is 11.8 Å². The summed E-state index contributed by atoms with van der Waals surface area (Å²) < 4.78 is 0. The highest BCUT2D eigenvalue weighted by Crippen LogP contribution is 2.37. The third-order valence-corrected chi connectivity index (χ3v) is 3.47. The maximum atomic E-state index is 12.1. The van der Waals surface area contributed by atoms with Crippen molar-refractivity contribution in [1.29, 1.82) is 0 Å².